The largest absolute Gasteiger partial charge is 0.389 e. The van der Waals surface area contributed by atoms with Crippen molar-refractivity contribution in [2.24, 2.45) is 5.92 Å². The van der Waals surface area contributed by atoms with E-state index in [4.69, 9.17) is 0 Å². The van der Waals surface area contributed by atoms with E-state index in [1.54, 1.807) is 0 Å². The van der Waals surface area contributed by atoms with Crippen LogP contribution in [0.1, 0.15) is 47.5 Å². The van der Waals surface area contributed by atoms with Crippen LogP contribution in [-0.2, 0) is 0 Å². The molecule has 0 bridgehead atoms. The molecular formula is C14H30N2O. The van der Waals surface area contributed by atoms with E-state index >= 15 is 0 Å². The van der Waals surface area contributed by atoms with Gasteiger partial charge in [-0.15, -0.1) is 0 Å². The molecule has 0 aromatic carbocycles. The van der Waals surface area contributed by atoms with Crippen molar-refractivity contribution >= 4 is 0 Å². The van der Waals surface area contributed by atoms with Gasteiger partial charge in [-0.25, -0.2) is 0 Å². The van der Waals surface area contributed by atoms with Crippen LogP contribution in [0.4, 0.5) is 0 Å². The third kappa shape index (κ3) is 7.02. The Morgan fingerprint density at radius 1 is 1.24 bits per heavy atom. The highest BCUT2D eigenvalue weighted by Gasteiger charge is 2.25. The van der Waals surface area contributed by atoms with Gasteiger partial charge in [-0.05, 0) is 66.5 Å². The molecule has 0 radical (unpaired) electrons. The van der Waals surface area contributed by atoms with Crippen LogP contribution in [0.3, 0.4) is 0 Å². The summed E-state index contributed by atoms with van der Waals surface area (Å²) in [5.41, 5.74) is -0.363. The van der Waals surface area contributed by atoms with Gasteiger partial charge < -0.3 is 15.3 Å². The molecule has 3 nitrogen and oxygen atoms in total. The lowest BCUT2D eigenvalue weighted by atomic mass is 9.95. The van der Waals surface area contributed by atoms with Crippen molar-refractivity contribution in [2.75, 3.05) is 26.2 Å². The molecule has 1 unspecified atom stereocenters. The maximum Gasteiger partial charge on any atom is 0.0718 e. The minimum Gasteiger partial charge on any atom is -0.389 e. The second-order valence-corrected chi connectivity index (χ2v) is 7.19. The number of β-amino-alcohol motifs (C(OH)–C–C–N with tert-alkyl or cyclic N) is 1. The number of nitrogens with one attached hydrogen (secondary N) is 1. The van der Waals surface area contributed by atoms with E-state index in [0.717, 1.165) is 32.1 Å². The lowest BCUT2D eigenvalue weighted by Gasteiger charge is -2.37. The number of aliphatic hydroxyl groups is 1. The molecule has 1 aliphatic heterocycles. The molecule has 1 heterocycles. The smallest absolute Gasteiger partial charge is 0.0718 e. The van der Waals surface area contributed by atoms with Crippen molar-refractivity contribution in [3.63, 3.8) is 0 Å². The highest BCUT2D eigenvalue weighted by molar-refractivity contribution is 4.81. The van der Waals surface area contributed by atoms with Gasteiger partial charge in [-0.3, -0.25) is 0 Å². The van der Waals surface area contributed by atoms with Crippen LogP contribution in [0, 0.1) is 5.92 Å². The number of hydrogen-bond donors (Lipinski definition) is 2. The van der Waals surface area contributed by atoms with Gasteiger partial charge in [-0.2, -0.15) is 0 Å². The third-order valence-corrected chi connectivity index (χ3v) is 3.13. The number of likely N-dealkylation sites (tertiary alicyclic amines) is 1. The van der Waals surface area contributed by atoms with Crippen LogP contribution < -0.4 is 5.32 Å². The van der Waals surface area contributed by atoms with E-state index in [1.165, 1.54) is 12.8 Å². The highest BCUT2D eigenvalue weighted by atomic mass is 16.3. The average Bonchev–Trinajstić information content (AvgIpc) is 2.11. The molecule has 0 saturated carbocycles. The summed E-state index contributed by atoms with van der Waals surface area (Å²) in [5.74, 6) is 0.727. The van der Waals surface area contributed by atoms with Gasteiger partial charge in [0.15, 0.2) is 0 Å². The van der Waals surface area contributed by atoms with E-state index in [2.05, 4.69) is 31.0 Å². The zero-order chi connectivity index (χ0) is 13.1. The van der Waals surface area contributed by atoms with Crippen molar-refractivity contribution in [1.29, 1.82) is 0 Å². The molecule has 3 heteroatoms. The van der Waals surface area contributed by atoms with Gasteiger partial charge in [0.1, 0.15) is 0 Å². The van der Waals surface area contributed by atoms with E-state index in [-0.39, 0.29) is 5.54 Å². The minimum absolute atomic E-state index is 0.207. The summed E-state index contributed by atoms with van der Waals surface area (Å²) in [6.07, 6.45) is 2.57. The fourth-order valence-electron chi connectivity index (χ4n) is 2.46. The molecular weight excluding hydrogens is 212 g/mol. The first-order chi connectivity index (χ1) is 7.66. The van der Waals surface area contributed by atoms with E-state index in [1.807, 2.05) is 13.8 Å². The monoisotopic (exact) mass is 242 g/mol. The Labute approximate surface area is 107 Å². The topological polar surface area (TPSA) is 35.5 Å². The van der Waals surface area contributed by atoms with E-state index in [9.17, 15) is 5.11 Å². The van der Waals surface area contributed by atoms with Gasteiger partial charge in [0, 0.05) is 18.6 Å². The fraction of sp³-hybridized carbons (Fsp3) is 1.00. The van der Waals surface area contributed by atoms with Crippen molar-refractivity contribution < 1.29 is 5.11 Å². The molecule has 1 saturated heterocycles. The molecule has 0 spiro atoms. The number of hydrogen-bond acceptors (Lipinski definition) is 3. The molecule has 1 fully saturated rings. The molecule has 1 rings (SSSR count). The average molecular weight is 242 g/mol. The molecule has 17 heavy (non-hydrogen) atoms. The summed E-state index contributed by atoms with van der Waals surface area (Å²) in [5, 5.41) is 13.4. The van der Waals surface area contributed by atoms with Crippen molar-refractivity contribution in [3.05, 3.63) is 0 Å². The predicted molar refractivity (Wildman–Crippen MR) is 73.2 cm³/mol. The summed E-state index contributed by atoms with van der Waals surface area (Å²) in [7, 11) is 0. The maximum atomic E-state index is 9.86. The second-order valence-electron chi connectivity index (χ2n) is 7.19. The summed E-state index contributed by atoms with van der Waals surface area (Å²) < 4.78 is 0. The van der Waals surface area contributed by atoms with Crippen LogP contribution in [0.15, 0.2) is 0 Å². The summed E-state index contributed by atoms with van der Waals surface area (Å²) in [6.45, 7) is 14.6. The number of rotatable bonds is 4. The molecule has 0 aromatic heterocycles. The Bertz CT molecular complexity index is 227. The van der Waals surface area contributed by atoms with Crippen LogP contribution in [0.5, 0.6) is 0 Å². The molecule has 102 valence electrons. The summed E-state index contributed by atoms with van der Waals surface area (Å²) in [6, 6.07) is 0. The van der Waals surface area contributed by atoms with Crippen molar-refractivity contribution in [1.82, 2.24) is 10.2 Å². The molecule has 0 amide bonds. The third-order valence-electron chi connectivity index (χ3n) is 3.13. The Morgan fingerprint density at radius 2 is 1.88 bits per heavy atom. The Hall–Kier alpha value is -0.120. The van der Waals surface area contributed by atoms with Crippen LogP contribution in [0.2, 0.25) is 0 Å². The van der Waals surface area contributed by atoms with Gasteiger partial charge in [0.25, 0.3) is 0 Å². The normalized spacial score (nSPS) is 24.0. The van der Waals surface area contributed by atoms with Gasteiger partial charge in [0.2, 0.25) is 0 Å². The van der Waals surface area contributed by atoms with E-state index < -0.39 is 5.60 Å². The quantitative estimate of drug-likeness (QED) is 0.790. The van der Waals surface area contributed by atoms with Crippen LogP contribution >= 0.6 is 0 Å². The van der Waals surface area contributed by atoms with Crippen LogP contribution in [-0.4, -0.2) is 47.3 Å². The molecule has 2 N–H and O–H groups in total. The molecule has 1 aliphatic rings. The van der Waals surface area contributed by atoms with Crippen LogP contribution in [0.25, 0.3) is 0 Å². The first-order valence-electron chi connectivity index (χ1n) is 6.85. The first kappa shape index (κ1) is 14.9. The first-order valence-corrected chi connectivity index (χ1v) is 6.85. The predicted octanol–water partition coefficient (Wildman–Crippen LogP) is 1.86. The summed E-state index contributed by atoms with van der Waals surface area (Å²) >= 11 is 0. The SMILES string of the molecule is CC(C)(O)CN1CCCC(CNC(C)(C)C)C1. The Balaban J connectivity index is 2.34. The standard InChI is InChI=1S/C14H30N2O/c1-13(2,3)15-9-12-7-6-8-16(10-12)11-14(4,5)17/h12,15,17H,6-11H2,1-5H3. The Kier molecular flexibility index (Phi) is 4.99. The Morgan fingerprint density at radius 3 is 2.41 bits per heavy atom. The lowest BCUT2D eigenvalue weighted by molar-refractivity contribution is 0.0211. The summed E-state index contributed by atoms with van der Waals surface area (Å²) in [4.78, 5) is 2.40. The molecule has 0 aliphatic carbocycles. The lowest BCUT2D eigenvalue weighted by Crippen LogP contribution is -2.47. The maximum absolute atomic E-state index is 9.86. The fourth-order valence-corrected chi connectivity index (χ4v) is 2.46. The molecule has 0 aromatic rings. The minimum atomic E-state index is -0.570. The van der Waals surface area contributed by atoms with Gasteiger partial charge in [0.05, 0.1) is 5.60 Å². The van der Waals surface area contributed by atoms with Crippen molar-refractivity contribution in [3.8, 4) is 0 Å². The van der Waals surface area contributed by atoms with Crippen molar-refractivity contribution in [2.45, 2.75) is 58.6 Å². The molecule has 1 atom stereocenters. The van der Waals surface area contributed by atoms with Gasteiger partial charge >= 0.3 is 0 Å². The highest BCUT2D eigenvalue weighted by Crippen LogP contribution is 2.18. The van der Waals surface area contributed by atoms with Gasteiger partial charge in [-0.1, -0.05) is 0 Å². The van der Waals surface area contributed by atoms with E-state index in [0.29, 0.717) is 0 Å². The zero-order valence-corrected chi connectivity index (χ0v) is 12.2. The number of piperidine rings is 1. The number of nitrogens with zero attached hydrogens (tertiary/aromatic N) is 1. The zero-order valence-electron chi connectivity index (χ0n) is 12.2. The second kappa shape index (κ2) is 5.68.